The lowest BCUT2D eigenvalue weighted by Gasteiger charge is -2.37. The summed E-state index contributed by atoms with van der Waals surface area (Å²) in [6.45, 7) is 2.87. The van der Waals surface area contributed by atoms with Crippen LogP contribution in [0.4, 0.5) is 17.6 Å². The number of rotatable bonds is 2. The molecule has 3 heterocycles. The number of nitrogens with zero attached hydrogens (tertiary/aromatic N) is 3. The quantitative estimate of drug-likeness (QED) is 0.784. The molecular formula is C14H13F4N3O. The molecule has 0 aliphatic carbocycles. The molecule has 0 N–H and O–H groups in total. The molecule has 1 atom stereocenters. The van der Waals surface area contributed by atoms with E-state index in [2.05, 4.69) is 4.99 Å². The zero-order valence-electron chi connectivity index (χ0n) is 11.9. The fourth-order valence-corrected chi connectivity index (χ4v) is 2.44. The van der Waals surface area contributed by atoms with Crippen LogP contribution < -0.4 is 0 Å². The lowest BCUT2D eigenvalue weighted by atomic mass is 10.2. The van der Waals surface area contributed by atoms with Crippen LogP contribution in [0.1, 0.15) is 19.6 Å². The summed E-state index contributed by atoms with van der Waals surface area (Å²) in [6.07, 6.45) is -1.17. The Hall–Kier alpha value is -2.09. The minimum absolute atomic E-state index is 0.102. The van der Waals surface area contributed by atoms with Crippen molar-refractivity contribution in [1.82, 2.24) is 10.0 Å². The van der Waals surface area contributed by atoms with Crippen molar-refractivity contribution in [3.63, 3.8) is 0 Å². The second-order valence-corrected chi connectivity index (χ2v) is 5.10. The van der Waals surface area contributed by atoms with E-state index in [1.54, 1.807) is 19.1 Å². The van der Waals surface area contributed by atoms with Crippen LogP contribution >= 0.6 is 0 Å². The predicted molar refractivity (Wildman–Crippen MR) is 71.1 cm³/mol. The number of alkyl halides is 3. The first-order chi connectivity index (χ1) is 10.3. The fourth-order valence-electron chi connectivity index (χ4n) is 2.44. The molecule has 0 amide bonds. The van der Waals surface area contributed by atoms with E-state index in [-0.39, 0.29) is 12.3 Å². The summed E-state index contributed by atoms with van der Waals surface area (Å²) in [6, 6.07) is 0.217. The van der Waals surface area contributed by atoms with Crippen molar-refractivity contribution in [2.24, 2.45) is 4.99 Å². The Kier molecular flexibility index (Phi) is 3.36. The number of furan rings is 1. The number of fused-ring (bicyclic) bond motifs is 1. The van der Waals surface area contributed by atoms with Gasteiger partial charge in [0.15, 0.2) is 5.76 Å². The second-order valence-electron chi connectivity index (χ2n) is 5.10. The van der Waals surface area contributed by atoms with Crippen molar-refractivity contribution in [3.8, 4) is 0 Å². The molecule has 1 aromatic rings. The van der Waals surface area contributed by atoms with Gasteiger partial charge in [0.2, 0.25) is 0 Å². The van der Waals surface area contributed by atoms with Crippen molar-refractivity contribution in [2.45, 2.75) is 26.1 Å². The zero-order valence-corrected chi connectivity index (χ0v) is 11.9. The fraction of sp³-hybridized carbons (Fsp3) is 0.357. The monoisotopic (exact) mass is 315 g/mol. The Morgan fingerprint density at radius 1 is 1.32 bits per heavy atom. The van der Waals surface area contributed by atoms with Gasteiger partial charge < -0.3 is 4.42 Å². The zero-order chi connectivity index (χ0) is 16.1. The minimum Gasteiger partial charge on any atom is -0.429 e. The summed E-state index contributed by atoms with van der Waals surface area (Å²) in [5.74, 6) is 0.614. The highest BCUT2D eigenvalue weighted by atomic mass is 19.4. The highest BCUT2D eigenvalue weighted by molar-refractivity contribution is 6.08. The third-order valence-electron chi connectivity index (χ3n) is 3.60. The molecule has 8 heteroatoms. The third kappa shape index (κ3) is 2.43. The van der Waals surface area contributed by atoms with Gasteiger partial charge in [0.05, 0.1) is 0 Å². The topological polar surface area (TPSA) is 32.0 Å². The molecule has 4 nitrogen and oxygen atoms in total. The SMILES string of the molecule is CC1=CC(c2ccc(F)o2)=NC2=CCN([C@H](C)C(F)(F)F)N12. The van der Waals surface area contributed by atoms with E-state index >= 15 is 0 Å². The van der Waals surface area contributed by atoms with E-state index in [0.717, 1.165) is 13.0 Å². The van der Waals surface area contributed by atoms with Gasteiger partial charge in [-0.15, -0.1) is 0 Å². The van der Waals surface area contributed by atoms with Crippen molar-refractivity contribution >= 4 is 5.71 Å². The number of allylic oxidation sites excluding steroid dienone is 2. The van der Waals surface area contributed by atoms with Crippen LogP contribution in [-0.2, 0) is 0 Å². The summed E-state index contributed by atoms with van der Waals surface area (Å²) < 4.78 is 56.6. The Bertz CT molecular complexity index is 687. The van der Waals surface area contributed by atoms with Crippen LogP contribution in [0.25, 0.3) is 0 Å². The Labute approximate surface area is 124 Å². The van der Waals surface area contributed by atoms with E-state index in [4.69, 9.17) is 4.42 Å². The van der Waals surface area contributed by atoms with Gasteiger partial charge in [-0.3, -0.25) is 5.01 Å². The van der Waals surface area contributed by atoms with E-state index in [0.29, 0.717) is 17.2 Å². The molecule has 0 unspecified atom stereocenters. The Morgan fingerprint density at radius 3 is 2.64 bits per heavy atom. The molecule has 1 aromatic heterocycles. The summed E-state index contributed by atoms with van der Waals surface area (Å²) in [4.78, 5) is 4.25. The van der Waals surface area contributed by atoms with Gasteiger partial charge in [-0.1, -0.05) is 0 Å². The first-order valence-electron chi connectivity index (χ1n) is 6.63. The van der Waals surface area contributed by atoms with Crippen molar-refractivity contribution in [3.05, 3.63) is 47.6 Å². The minimum atomic E-state index is -4.34. The molecule has 3 rings (SSSR count). The lowest BCUT2D eigenvalue weighted by Crippen LogP contribution is -2.49. The normalized spacial score (nSPS) is 20.5. The van der Waals surface area contributed by atoms with E-state index in [1.165, 1.54) is 16.1 Å². The molecule has 0 saturated carbocycles. The van der Waals surface area contributed by atoms with Gasteiger partial charge in [-0.05, 0) is 32.1 Å². The molecule has 0 spiro atoms. The van der Waals surface area contributed by atoms with Gasteiger partial charge >= 0.3 is 6.18 Å². The lowest BCUT2D eigenvalue weighted by molar-refractivity contribution is -0.201. The highest BCUT2D eigenvalue weighted by Crippen LogP contribution is 2.34. The Balaban J connectivity index is 1.90. The van der Waals surface area contributed by atoms with Crippen molar-refractivity contribution in [1.29, 1.82) is 0 Å². The van der Waals surface area contributed by atoms with Gasteiger partial charge in [-0.2, -0.15) is 22.6 Å². The smallest absolute Gasteiger partial charge is 0.405 e. The number of hydrogen-bond acceptors (Lipinski definition) is 4. The second kappa shape index (κ2) is 4.98. The van der Waals surface area contributed by atoms with Gasteiger partial charge in [-0.25, -0.2) is 4.99 Å². The molecule has 0 aromatic carbocycles. The summed E-state index contributed by atoms with van der Waals surface area (Å²) in [5.41, 5.74) is 0.937. The molecule has 0 saturated heterocycles. The van der Waals surface area contributed by atoms with Crippen molar-refractivity contribution < 1.29 is 22.0 Å². The molecular weight excluding hydrogens is 302 g/mol. The molecule has 22 heavy (non-hydrogen) atoms. The standard InChI is InChI=1S/C14H13F4N3O/c1-8-7-10(11-3-4-12(15)22-11)19-13-5-6-20(21(8)13)9(2)14(16,17)18/h3-5,7,9H,6H2,1-2H3/t9-/m1/s1. The average Bonchev–Trinajstić information content (AvgIpc) is 3.03. The summed E-state index contributed by atoms with van der Waals surface area (Å²) in [5, 5.41) is 2.60. The summed E-state index contributed by atoms with van der Waals surface area (Å²) >= 11 is 0. The van der Waals surface area contributed by atoms with Gasteiger partial charge in [0.1, 0.15) is 17.6 Å². The molecule has 2 aliphatic heterocycles. The number of halogens is 4. The first kappa shape index (κ1) is 14.8. The van der Waals surface area contributed by atoms with Crippen LogP contribution in [0.3, 0.4) is 0 Å². The molecule has 118 valence electrons. The van der Waals surface area contributed by atoms with Crippen molar-refractivity contribution in [2.75, 3.05) is 6.54 Å². The van der Waals surface area contributed by atoms with Crippen LogP contribution in [-0.4, -0.2) is 34.5 Å². The summed E-state index contributed by atoms with van der Waals surface area (Å²) in [7, 11) is 0. The number of hydrogen-bond donors (Lipinski definition) is 0. The molecule has 0 bridgehead atoms. The number of aliphatic imine (C=N–C) groups is 1. The Morgan fingerprint density at radius 2 is 2.05 bits per heavy atom. The predicted octanol–water partition coefficient (Wildman–Crippen LogP) is 3.45. The van der Waals surface area contributed by atoms with E-state index in [9.17, 15) is 17.6 Å². The van der Waals surface area contributed by atoms with E-state index in [1.807, 2.05) is 0 Å². The van der Waals surface area contributed by atoms with Crippen LogP contribution in [0.2, 0.25) is 0 Å². The maximum Gasteiger partial charge on any atom is 0.405 e. The molecule has 0 radical (unpaired) electrons. The maximum absolute atomic E-state index is 12.9. The van der Waals surface area contributed by atoms with Gasteiger partial charge in [0, 0.05) is 18.3 Å². The third-order valence-corrected chi connectivity index (χ3v) is 3.60. The van der Waals surface area contributed by atoms with Crippen LogP contribution in [0.5, 0.6) is 0 Å². The molecule has 2 aliphatic rings. The van der Waals surface area contributed by atoms with Crippen LogP contribution in [0, 0.1) is 6.01 Å². The first-order valence-corrected chi connectivity index (χ1v) is 6.63. The average molecular weight is 315 g/mol. The van der Waals surface area contributed by atoms with Gasteiger partial charge in [0.25, 0.3) is 6.01 Å². The molecule has 0 fully saturated rings. The van der Waals surface area contributed by atoms with E-state index < -0.39 is 18.2 Å². The number of hydrazine groups is 1. The maximum atomic E-state index is 12.9. The van der Waals surface area contributed by atoms with Crippen LogP contribution in [0.15, 0.2) is 45.2 Å². The highest BCUT2D eigenvalue weighted by Gasteiger charge is 2.45. The largest absolute Gasteiger partial charge is 0.429 e.